The van der Waals surface area contributed by atoms with E-state index in [9.17, 15) is 9.59 Å². The number of primary amides is 1. The number of carbonyl (C=O) groups is 2. The Hall–Kier alpha value is -2.37. The van der Waals surface area contributed by atoms with Gasteiger partial charge in [-0.1, -0.05) is 18.2 Å². The number of amides is 2. The Morgan fingerprint density at radius 2 is 2.06 bits per heavy atom. The van der Waals surface area contributed by atoms with Crippen molar-refractivity contribution < 1.29 is 14.7 Å². The van der Waals surface area contributed by atoms with Gasteiger partial charge in [-0.15, -0.1) is 0 Å². The summed E-state index contributed by atoms with van der Waals surface area (Å²) in [5, 5.41) is 12.7. The summed E-state index contributed by atoms with van der Waals surface area (Å²) >= 11 is 0. The molecule has 90 valence electrons. The van der Waals surface area contributed by atoms with E-state index in [1.165, 1.54) is 6.07 Å². The van der Waals surface area contributed by atoms with Gasteiger partial charge in [0.25, 0.3) is 0 Å². The van der Waals surface area contributed by atoms with Gasteiger partial charge in [0.2, 0.25) is 0 Å². The molecule has 2 amide bonds. The summed E-state index contributed by atoms with van der Waals surface area (Å²) in [6.07, 6.45) is 0.336. The average Bonchev–Trinajstić information content (AvgIpc) is 2.27. The van der Waals surface area contributed by atoms with Crippen molar-refractivity contribution >= 4 is 17.7 Å². The number of nitrogens with one attached hydrogen (secondary N) is 1. The number of hydrogen-bond donors (Lipinski definition) is 3. The lowest BCUT2D eigenvalue weighted by atomic mass is 10.0. The van der Waals surface area contributed by atoms with Crippen molar-refractivity contribution in [3.8, 4) is 0 Å². The standard InChI is InChI=1S/C11H13N3O3/c1-7(13-14-11(12)17)6-8-4-2-3-5-9(8)10(15)16/h2-5H,6H2,1H3,(H,15,16)(H3,12,14,17)/b13-7+. The van der Waals surface area contributed by atoms with Crippen LogP contribution in [-0.4, -0.2) is 22.8 Å². The normalized spacial score (nSPS) is 11.0. The lowest BCUT2D eigenvalue weighted by Crippen LogP contribution is -2.25. The molecule has 4 N–H and O–H groups in total. The molecular weight excluding hydrogens is 222 g/mol. The Morgan fingerprint density at radius 1 is 1.41 bits per heavy atom. The second-order valence-corrected chi connectivity index (χ2v) is 3.46. The number of rotatable bonds is 4. The molecule has 0 unspecified atom stereocenters. The number of hydrazone groups is 1. The van der Waals surface area contributed by atoms with E-state index in [2.05, 4.69) is 10.5 Å². The van der Waals surface area contributed by atoms with Crippen LogP contribution in [0.15, 0.2) is 29.4 Å². The Balaban J connectivity index is 2.84. The monoisotopic (exact) mass is 235 g/mol. The van der Waals surface area contributed by atoms with E-state index < -0.39 is 12.0 Å². The lowest BCUT2D eigenvalue weighted by molar-refractivity contribution is 0.0696. The molecular formula is C11H13N3O3. The molecule has 17 heavy (non-hydrogen) atoms. The summed E-state index contributed by atoms with van der Waals surface area (Å²) in [5.41, 5.74) is 8.38. The van der Waals surface area contributed by atoms with Crippen LogP contribution in [0.4, 0.5) is 4.79 Å². The van der Waals surface area contributed by atoms with Crippen LogP contribution in [0.1, 0.15) is 22.8 Å². The number of urea groups is 1. The van der Waals surface area contributed by atoms with E-state index in [1.54, 1.807) is 25.1 Å². The first-order valence-corrected chi connectivity index (χ1v) is 4.90. The van der Waals surface area contributed by atoms with E-state index in [1.807, 2.05) is 0 Å². The van der Waals surface area contributed by atoms with Crippen molar-refractivity contribution in [2.24, 2.45) is 10.8 Å². The zero-order valence-corrected chi connectivity index (χ0v) is 9.30. The number of nitrogens with zero attached hydrogens (tertiary/aromatic N) is 1. The smallest absolute Gasteiger partial charge is 0.335 e. The summed E-state index contributed by atoms with van der Waals surface area (Å²) in [6.45, 7) is 1.68. The van der Waals surface area contributed by atoms with Crippen molar-refractivity contribution in [1.29, 1.82) is 0 Å². The summed E-state index contributed by atoms with van der Waals surface area (Å²) in [4.78, 5) is 21.4. The van der Waals surface area contributed by atoms with Gasteiger partial charge in [-0.2, -0.15) is 5.10 Å². The number of aromatic carboxylic acids is 1. The van der Waals surface area contributed by atoms with Crippen LogP contribution in [-0.2, 0) is 6.42 Å². The van der Waals surface area contributed by atoms with Crippen molar-refractivity contribution in [2.75, 3.05) is 0 Å². The molecule has 1 aromatic rings. The summed E-state index contributed by atoms with van der Waals surface area (Å²) in [5.74, 6) is -0.990. The van der Waals surface area contributed by atoms with E-state index in [4.69, 9.17) is 10.8 Å². The molecule has 0 atom stereocenters. The van der Waals surface area contributed by atoms with Gasteiger partial charge in [0, 0.05) is 12.1 Å². The fourth-order valence-electron chi connectivity index (χ4n) is 1.35. The third-order valence-electron chi connectivity index (χ3n) is 2.05. The van der Waals surface area contributed by atoms with Crippen molar-refractivity contribution in [1.82, 2.24) is 5.43 Å². The molecule has 0 aliphatic carbocycles. The predicted molar refractivity (Wildman–Crippen MR) is 62.9 cm³/mol. The molecule has 0 aliphatic heterocycles. The molecule has 0 heterocycles. The second kappa shape index (κ2) is 5.64. The van der Waals surface area contributed by atoms with Crippen LogP contribution >= 0.6 is 0 Å². The number of carbonyl (C=O) groups excluding carboxylic acids is 1. The third-order valence-corrected chi connectivity index (χ3v) is 2.05. The highest BCUT2D eigenvalue weighted by Crippen LogP contribution is 2.10. The van der Waals surface area contributed by atoms with Gasteiger partial charge in [0.15, 0.2) is 0 Å². The second-order valence-electron chi connectivity index (χ2n) is 3.46. The molecule has 6 heteroatoms. The molecule has 1 aromatic carbocycles. The minimum atomic E-state index is -0.990. The summed E-state index contributed by atoms with van der Waals surface area (Å²) in [6, 6.07) is 5.87. The molecule has 0 spiro atoms. The van der Waals surface area contributed by atoms with E-state index >= 15 is 0 Å². The number of nitrogens with two attached hydrogens (primary N) is 1. The van der Waals surface area contributed by atoms with E-state index in [-0.39, 0.29) is 5.56 Å². The van der Waals surface area contributed by atoms with Crippen LogP contribution in [0.2, 0.25) is 0 Å². The van der Waals surface area contributed by atoms with Crippen LogP contribution in [0, 0.1) is 0 Å². The van der Waals surface area contributed by atoms with Crippen molar-refractivity contribution in [2.45, 2.75) is 13.3 Å². The largest absolute Gasteiger partial charge is 0.478 e. The number of hydrogen-bond acceptors (Lipinski definition) is 3. The van der Waals surface area contributed by atoms with Gasteiger partial charge < -0.3 is 10.8 Å². The van der Waals surface area contributed by atoms with Gasteiger partial charge in [-0.25, -0.2) is 15.0 Å². The first-order chi connectivity index (χ1) is 8.00. The minimum absolute atomic E-state index is 0.223. The minimum Gasteiger partial charge on any atom is -0.478 e. The number of carboxylic acids is 1. The van der Waals surface area contributed by atoms with Crippen molar-refractivity contribution in [3.63, 3.8) is 0 Å². The van der Waals surface area contributed by atoms with Crippen LogP contribution in [0.3, 0.4) is 0 Å². The van der Waals surface area contributed by atoms with Gasteiger partial charge >= 0.3 is 12.0 Å². The zero-order chi connectivity index (χ0) is 12.8. The lowest BCUT2D eigenvalue weighted by Gasteiger charge is -2.05. The Morgan fingerprint density at radius 3 is 2.65 bits per heavy atom. The molecule has 0 saturated carbocycles. The van der Waals surface area contributed by atoms with Crippen LogP contribution in [0.25, 0.3) is 0 Å². The zero-order valence-electron chi connectivity index (χ0n) is 9.30. The molecule has 0 saturated heterocycles. The van der Waals surface area contributed by atoms with Gasteiger partial charge in [0.1, 0.15) is 0 Å². The van der Waals surface area contributed by atoms with E-state index in [0.717, 1.165) is 0 Å². The Kier molecular flexibility index (Phi) is 4.21. The molecule has 1 rings (SSSR count). The SMILES string of the molecule is C/C(Cc1ccccc1C(=O)O)=N\NC(N)=O. The number of benzene rings is 1. The fraction of sp³-hybridized carbons (Fsp3) is 0.182. The Bertz CT molecular complexity index is 469. The highest BCUT2D eigenvalue weighted by molar-refractivity contribution is 5.93. The molecule has 0 aromatic heterocycles. The molecule has 0 radical (unpaired) electrons. The maximum Gasteiger partial charge on any atom is 0.335 e. The molecule has 0 fully saturated rings. The maximum atomic E-state index is 10.9. The fourth-order valence-corrected chi connectivity index (χ4v) is 1.35. The average molecular weight is 235 g/mol. The first-order valence-electron chi connectivity index (χ1n) is 4.90. The first kappa shape index (κ1) is 12.7. The quantitative estimate of drug-likeness (QED) is 0.535. The van der Waals surface area contributed by atoms with Gasteiger partial charge in [0.05, 0.1) is 5.56 Å². The van der Waals surface area contributed by atoms with Crippen LogP contribution < -0.4 is 11.2 Å². The van der Waals surface area contributed by atoms with Crippen LogP contribution in [0.5, 0.6) is 0 Å². The summed E-state index contributed by atoms with van der Waals surface area (Å²) < 4.78 is 0. The van der Waals surface area contributed by atoms with Gasteiger partial charge in [-0.3, -0.25) is 0 Å². The maximum absolute atomic E-state index is 10.9. The molecule has 0 aliphatic rings. The molecule has 6 nitrogen and oxygen atoms in total. The highest BCUT2D eigenvalue weighted by Gasteiger charge is 2.09. The molecule has 0 bridgehead atoms. The third kappa shape index (κ3) is 3.94. The van der Waals surface area contributed by atoms with Crippen molar-refractivity contribution in [3.05, 3.63) is 35.4 Å². The topological polar surface area (TPSA) is 105 Å². The Labute approximate surface area is 98.1 Å². The summed E-state index contributed by atoms with van der Waals surface area (Å²) in [7, 11) is 0. The predicted octanol–water partition coefficient (Wildman–Crippen LogP) is 0.972. The van der Waals surface area contributed by atoms with E-state index in [0.29, 0.717) is 17.7 Å². The van der Waals surface area contributed by atoms with Gasteiger partial charge in [-0.05, 0) is 18.6 Å². The number of carboxylic acid groups (broad SMARTS) is 1. The highest BCUT2D eigenvalue weighted by atomic mass is 16.4.